The van der Waals surface area contributed by atoms with Gasteiger partial charge in [0.25, 0.3) is 0 Å². The van der Waals surface area contributed by atoms with Crippen molar-refractivity contribution in [2.75, 3.05) is 6.61 Å². The molecule has 2 aliphatic heterocycles. The van der Waals surface area contributed by atoms with Gasteiger partial charge in [-0.2, -0.15) is 0 Å². The van der Waals surface area contributed by atoms with Gasteiger partial charge in [0.15, 0.2) is 0 Å². The molecule has 2 heterocycles. The lowest BCUT2D eigenvalue weighted by Crippen LogP contribution is -2.29. The number of hydrogen-bond donors (Lipinski definition) is 0. The highest BCUT2D eigenvalue weighted by Gasteiger charge is 2.40. The number of carbonyl (C=O) groups is 1. The van der Waals surface area contributed by atoms with Gasteiger partial charge in [0.05, 0.1) is 6.61 Å². The van der Waals surface area contributed by atoms with Crippen LogP contribution in [0.4, 0.5) is 0 Å². The molecule has 0 radical (unpaired) electrons. The van der Waals surface area contributed by atoms with Crippen molar-refractivity contribution < 1.29 is 13.7 Å². The summed E-state index contributed by atoms with van der Waals surface area (Å²) in [7, 11) is -0.610. The first kappa shape index (κ1) is 11.1. The van der Waals surface area contributed by atoms with Gasteiger partial charge in [0, 0.05) is 27.7 Å². The van der Waals surface area contributed by atoms with Crippen LogP contribution in [0.15, 0.2) is 0 Å². The first-order chi connectivity index (χ1) is 7.20. The van der Waals surface area contributed by atoms with Gasteiger partial charge in [0.1, 0.15) is 0 Å². The lowest BCUT2D eigenvalue weighted by molar-refractivity contribution is -0.144. The van der Waals surface area contributed by atoms with Gasteiger partial charge in [-0.15, -0.1) is 0 Å². The molecule has 2 atom stereocenters. The lowest BCUT2D eigenvalue weighted by Gasteiger charge is -2.26. The highest BCUT2D eigenvalue weighted by Crippen LogP contribution is 2.39. The summed E-state index contributed by atoms with van der Waals surface area (Å²) in [5, 5.41) is 0.728. The number of carbonyl (C=O) groups excluding carboxylic acids is 1. The first-order valence-corrected chi connectivity index (χ1v) is 7.03. The van der Waals surface area contributed by atoms with Crippen LogP contribution < -0.4 is 0 Å². The summed E-state index contributed by atoms with van der Waals surface area (Å²) in [4.78, 5) is 11.3. The summed E-state index contributed by atoms with van der Waals surface area (Å²) in [6.45, 7) is 2.29. The Kier molecular flexibility index (Phi) is 3.44. The highest BCUT2D eigenvalue weighted by atomic mass is 32.2. The molecule has 3 nitrogen and oxygen atoms in total. The Balaban J connectivity index is 1.86. The van der Waals surface area contributed by atoms with E-state index in [2.05, 4.69) is 0 Å². The van der Waals surface area contributed by atoms with Crippen LogP contribution in [0, 0.1) is 5.92 Å². The Labute approximate surface area is 93.0 Å². The van der Waals surface area contributed by atoms with E-state index in [1.54, 1.807) is 0 Å². The Morgan fingerprint density at radius 2 is 1.93 bits per heavy atom. The maximum atomic E-state index is 11.7. The molecule has 0 aliphatic carbocycles. The molecule has 2 unspecified atom stereocenters. The van der Waals surface area contributed by atoms with Crippen molar-refractivity contribution in [3.05, 3.63) is 0 Å². The predicted octanol–water partition coefficient (Wildman–Crippen LogP) is 1.63. The first-order valence-electron chi connectivity index (χ1n) is 5.75. The Morgan fingerprint density at radius 3 is 2.47 bits per heavy atom. The van der Waals surface area contributed by atoms with Gasteiger partial charge < -0.3 is 4.74 Å². The van der Waals surface area contributed by atoms with Crippen molar-refractivity contribution in [1.29, 1.82) is 0 Å². The van der Waals surface area contributed by atoms with Crippen LogP contribution in [0.5, 0.6) is 0 Å². The van der Waals surface area contributed by atoms with E-state index in [-0.39, 0.29) is 5.97 Å². The molecular formula is C11H18O3S. The van der Waals surface area contributed by atoms with Crippen molar-refractivity contribution in [3.8, 4) is 0 Å². The third-order valence-electron chi connectivity index (χ3n) is 3.42. The Morgan fingerprint density at radius 1 is 1.33 bits per heavy atom. The van der Waals surface area contributed by atoms with Crippen LogP contribution in [-0.2, 0) is 20.3 Å². The minimum atomic E-state index is -0.610. The number of hydrogen-bond acceptors (Lipinski definition) is 3. The molecule has 0 aromatic carbocycles. The molecule has 2 rings (SSSR count). The second kappa shape index (κ2) is 4.64. The zero-order chi connectivity index (χ0) is 10.8. The molecular weight excluding hydrogens is 212 g/mol. The third kappa shape index (κ3) is 2.41. The van der Waals surface area contributed by atoms with E-state index < -0.39 is 10.8 Å². The molecule has 2 bridgehead atoms. The van der Waals surface area contributed by atoms with Crippen molar-refractivity contribution in [3.63, 3.8) is 0 Å². The standard InChI is InChI=1S/C11H18O3S/c1-2-14-11(12)7-8-5-9-3-4-10(6-8)15(9)13/h8-10H,2-7H2,1H3. The largest absolute Gasteiger partial charge is 0.466 e. The number of ether oxygens (including phenoxy) is 1. The molecule has 0 aromatic heterocycles. The van der Waals surface area contributed by atoms with Gasteiger partial charge in [-0.3, -0.25) is 9.00 Å². The minimum Gasteiger partial charge on any atom is -0.466 e. The van der Waals surface area contributed by atoms with Gasteiger partial charge >= 0.3 is 5.97 Å². The molecule has 2 saturated heterocycles. The van der Waals surface area contributed by atoms with Gasteiger partial charge in [-0.1, -0.05) is 0 Å². The maximum Gasteiger partial charge on any atom is 0.306 e. The summed E-state index contributed by atoms with van der Waals surface area (Å²) >= 11 is 0. The summed E-state index contributed by atoms with van der Waals surface area (Å²) < 4.78 is 16.7. The van der Waals surface area contributed by atoms with Crippen molar-refractivity contribution >= 4 is 16.8 Å². The Hall–Kier alpha value is -0.380. The van der Waals surface area contributed by atoms with E-state index in [1.807, 2.05) is 6.92 Å². The molecule has 2 aliphatic rings. The van der Waals surface area contributed by atoms with E-state index in [0.29, 0.717) is 29.4 Å². The average molecular weight is 230 g/mol. The van der Waals surface area contributed by atoms with Crippen LogP contribution in [0.1, 0.15) is 39.0 Å². The molecule has 15 heavy (non-hydrogen) atoms. The van der Waals surface area contributed by atoms with Crippen LogP contribution in [0.3, 0.4) is 0 Å². The van der Waals surface area contributed by atoms with Gasteiger partial charge in [-0.05, 0) is 38.5 Å². The minimum absolute atomic E-state index is 0.0883. The smallest absolute Gasteiger partial charge is 0.306 e. The van der Waals surface area contributed by atoms with E-state index >= 15 is 0 Å². The third-order valence-corrected chi connectivity index (χ3v) is 5.59. The fraction of sp³-hybridized carbons (Fsp3) is 0.909. The molecule has 0 N–H and O–H groups in total. The van der Waals surface area contributed by atoms with Crippen LogP contribution in [0.25, 0.3) is 0 Å². The highest BCUT2D eigenvalue weighted by molar-refractivity contribution is 7.86. The zero-order valence-electron chi connectivity index (χ0n) is 9.11. The van der Waals surface area contributed by atoms with Crippen LogP contribution >= 0.6 is 0 Å². The van der Waals surface area contributed by atoms with Crippen LogP contribution in [0.2, 0.25) is 0 Å². The number of fused-ring (bicyclic) bond motifs is 2. The summed E-state index contributed by atoms with van der Waals surface area (Å²) in [6.07, 6.45) is 4.63. The van der Waals surface area contributed by atoms with E-state index in [0.717, 1.165) is 25.7 Å². The van der Waals surface area contributed by atoms with E-state index in [9.17, 15) is 9.00 Å². The molecule has 0 amide bonds. The second-order valence-corrected chi connectivity index (χ2v) is 6.49. The lowest BCUT2D eigenvalue weighted by atomic mass is 9.96. The summed E-state index contributed by atoms with van der Waals surface area (Å²) in [5.74, 6) is 0.328. The fourth-order valence-corrected chi connectivity index (χ4v) is 4.97. The fourth-order valence-electron chi connectivity index (χ4n) is 2.76. The van der Waals surface area contributed by atoms with Crippen molar-refractivity contribution in [1.82, 2.24) is 0 Å². The zero-order valence-corrected chi connectivity index (χ0v) is 9.92. The average Bonchev–Trinajstić information content (AvgIpc) is 2.43. The molecule has 0 spiro atoms. The molecule has 4 heteroatoms. The van der Waals surface area contributed by atoms with Gasteiger partial charge in [0.2, 0.25) is 0 Å². The summed E-state index contributed by atoms with van der Waals surface area (Å²) in [5.41, 5.74) is 0. The van der Waals surface area contributed by atoms with Crippen molar-refractivity contribution in [2.24, 2.45) is 5.92 Å². The second-order valence-electron chi connectivity index (χ2n) is 4.50. The predicted molar refractivity (Wildman–Crippen MR) is 58.9 cm³/mol. The van der Waals surface area contributed by atoms with E-state index in [4.69, 9.17) is 4.74 Å². The summed E-state index contributed by atoms with van der Waals surface area (Å²) in [6, 6.07) is 0. The number of rotatable bonds is 3. The van der Waals surface area contributed by atoms with Crippen molar-refractivity contribution in [2.45, 2.75) is 49.5 Å². The SMILES string of the molecule is CCOC(=O)CC1CC2CCC(C1)S2=O. The monoisotopic (exact) mass is 230 g/mol. The molecule has 0 aromatic rings. The molecule has 2 fully saturated rings. The quantitative estimate of drug-likeness (QED) is 0.692. The topological polar surface area (TPSA) is 43.4 Å². The van der Waals surface area contributed by atoms with E-state index in [1.165, 1.54) is 0 Å². The molecule has 86 valence electrons. The van der Waals surface area contributed by atoms with Crippen LogP contribution in [-0.4, -0.2) is 27.3 Å². The number of esters is 1. The molecule has 0 saturated carbocycles. The maximum absolute atomic E-state index is 11.7. The normalized spacial score (nSPS) is 39.0. The Bertz CT molecular complexity index is 261. The van der Waals surface area contributed by atoms with Gasteiger partial charge in [-0.25, -0.2) is 0 Å².